The Labute approximate surface area is 145 Å². The minimum atomic E-state index is -3.15. The summed E-state index contributed by atoms with van der Waals surface area (Å²) in [5.41, 5.74) is 1.95. The zero-order chi connectivity index (χ0) is 17.9. The van der Waals surface area contributed by atoms with Crippen LogP contribution >= 0.6 is 0 Å². The van der Waals surface area contributed by atoms with Crippen LogP contribution in [0.1, 0.15) is 18.5 Å². The van der Waals surface area contributed by atoms with E-state index in [0.29, 0.717) is 11.5 Å². The van der Waals surface area contributed by atoms with E-state index < -0.39 is 21.3 Å². The zero-order valence-corrected chi connectivity index (χ0v) is 14.3. The Balaban J connectivity index is 1.72. The number of aromatic nitrogens is 1. The molecule has 0 bridgehead atoms. The van der Waals surface area contributed by atoms with Gasteiger partial charge in [0, 0.05) is 18.2 Å². The zero-order valence-electron chi connectivity index (χ0n) is 13.4. The van der Waals surface area contributed by atoms with Gasteiger partial charge in [-0.25, -0.2) is 13.9 Å². The molecule has 2 heterocycles. The molecule has 0 saturated carbocycles. The molecule has 0 radical (unpaired) electrons. The molecule has 25 heavy (non-hydrogen) atoms. The Kier molecular flexibility index (Phi) is 4.89. The van der Waals surface area contributed by atoms with Crippen molar-refractivity contribution >= 4 is 15.7 Å². The third-order valence-corrected chi connectivity index (χ3v) is 6.09. The highest BCUT2D eigenvalue weighted by Gasteiger charge is 2.43. The summed E-state index contributed by atoms with van der Waals surface area (Å²) >= 11 is 0. The smallest absolute Gasteiger partial charge is 0.263 e. The van der Waals surface area contributed by atoms with Gasteiger partial charge in [-0.1, -0.05) is 35.5 Å². The molecule has 134 valence electrons. The maximum absolute atomic E-state index is 12.1. The minimum absolute atomic E-state index is 0.0884. The molecule has 0 aliphatic carbocycles. The van der Waals surface area contributed by atoms with Crippen LogP contribution in [0.4, 0.5) is 0 Å². The highest BCUT2D eigenvalue weighted by Crippen LogP contribution is 2.25. The highest BCUT2D eigenvalue weighted by molar-refractivity contribution is 7.91. The Morgan fingerprint density at radius 3 is 2.56 bits per heavy atom. The fraction of sp³-hybridized carbons (Fsp3) is 0.375. The number of hydroxylamine groups is 1. The first-order chi connectivity index (χ1) is 11.9. The molecule has 0 atom stereocenters. The third-order valence-electron chi connectivity index (χ3n) is 4.44. The fourth-order valence-corrected chi connectivity index (χ4v) is 4.39. The lowest BCUT2D eigenvalue weighted by molar-refractivity contribution is -0.136. The molecule has 3 rings (SSSR count). The van der Waals surface area contributed by atoms with Crippen LogP contribution in [0.25, 0.3) is 11.3 Å². The van der Waals surface area contributed by atoms with Gasteiger partial charge in [0.15, 0.2) is 5.76 Å². The molecule has 1 aromatic carbocycles. The standard InChI is InChI=1S/C16H19N3O5S/c20-15(18-21)16(6-8-25(22,23)9-7-16)17-11-13-10-14(24-19-13)12-4-2-1-3-5-12/h1-5,10,17,21H,6-9,11H2,(H,18,20). The number of nitrogens with zero attached hydrogens (tertiary/aromatic N) is 1. The molecule has 1 fully saturated rings. The fourth-order valence-electron chi connectivity index (χ4n) is 2.87. The summed E-state index contributed by atoms with van der Waals surface area (Å²) in [5.74, 6) is -0.262. The van der Waals surface area contributed by atoms with Crippen LogP contribution in [0.15, 0.2) is 40.9 Å². The lowest BCUT2D eigenvalue weighted by atomic mass is 9.91. The molecule has 8 nitrogen and oxygen atoms in total. The number of benzene rings is 1. The maximum Gasteiger partial charge on any atom is 0.263 e. The maximum atomic E-state index is 12.1. The van der Waals surface area contributed by atoms with E-state index in [1.165, 1.54) is 0 Å². The van der Waals surface area contributed by atoms with Crippen LogP contribution in [0.5, 0.6) is 0 Å². The van der Waals surface area contributed by atoms with Crippen LogP contribution in [-0.2, 0) is 21.2 Å². The number of amides is 1. The highest BCUT2D eigenvalue weighted by atomic mass is 32.2. The van der Waals surface area contributed by atoms with Gasteiger partial charge < -0.3 is 4.52 Å². The van der Waals surface area contributed by atoms with Gasteiger partial charge in [-0.2, -0.15) is 0 Å². The van der Waals surface area contributed by atoms with Crippen molar-refractivity contribution in [1.29, 1.82) is 0 Å². The van der Waals surface area contributed by atoms with Crippen molar-refractivity contribution in [3.63, 3.8) is 0 Å². The van der Waals surface area contributed by atoms with Gasteiger partial charge in [0.25, 0.3) is 5.91 Å². The summed E-state index contributed by atoms with van der Waals surface area (Å²) in [6.07, 6.45) is 0.177. The Hall–Kier alpha value is -2.23. The van der Waals surface area contributed by atoms with Crippen molar-refractivity contribution in [2.75, 3.05) is 11.5 Å². The van der Waals surface area contributed by atoms with Crippen molar-refractivity contribution in [3.05, 3.63) is 42.1 Å². The quantitative estimate of drug-likeness (QED) is 0.531. The van der Waals surface area contributed by atoms with E-state index in [4.69, 9.17) is 9.73 Å². The first-order valence-electron chi connectivity index (χ1n) is 7.85. The number of carbonyl (C=O) groups excluding carboxylic acids is 1. The molecule has 0 unspecified atom stereocenters. The lowest BCUT2D eigenvalue weighted by Crippen LogP contribution is -2.59. The molecule has 1 amide bonds. The van der Waals surface area contributed by atoms with Crippen LogP contribution < -0.4 is 10.8 Å². The van der Waals surface area contributed by atoms with Gasteiger partial charge in [0.05, 0.1) is 17.2 Å². The Morgan fingerprint density at radius 2 is 1.92 bits per heavy atom. The van der Waals surface area contributed by atoms with E-state index in [-0.39, 0.29) is 30.9 Å². The average Bonchev–Trinajstić information content (AvgIpc) is 3.10. The van der Waals surface area contributed by atoms with Crippen molar-refractivity contribution in [2.45, 2.75) is 24.9 Å². The van der Waals surface area contributed by atoms with Crippen molar-refractivity contribution in [2.24, 2.45) is 0 Å². The van der Waals surface area contributed by atoms with Crippen LogP contribution in [0.2, 0.25) is 0 Å². The van der Waals surface area contributed by atoms with E-state index in [9.17, 15) is 13.2 Å². The second kappa shape index (κ2) is 6.95. The summed E-state index contributed by atoms with van der Waals surface area (Å²) in [4.78, 5) is 12.1. The van der Waals surface area contributed by atoms with E-state index >= 15 is 0 Å². The molecule has 1 aliphatic rings. The molecule has 1 saturated heterocycles. The Bertz CT molecular complexity index is 834. The molecule has 1 aliphatic heterocycles. The number of nitrogens with one attached hydrogen (secondary N) is 2. The van der Waals surface area contributed by atoms with E-state index in [1.807, 2.05) is 30.3 Å². The van der Waals surface area contributed by atoms with Crippen molar-refractivity contribution < 1.29 is 22.9 Å². The van der Waals surface area contributed by atoms with Gasteiger partial charge in [-0.15, -0.1) is 0 Å². The number of sulfone groups is 1. The third kappa shape index (κ3) is 3.89. The molecular formula is C16H19N3O5S. The summed E-state index contributed by atoms with van der Waals surface area (Å²) < 4.78 is 28.6. The largest absolute Gasteiger partial charge is 0.356 e. The minimum Gasteiger partial charge on any atom is -0.356 e. The summed E-state index contributed by atoms with van der Waals surface area (Å²) in [6, 6.07) is 11.2. The average molecular weight is 365 g/mol. The van der Waals surface area contributed by atoms with Gasteiger partial charge in [-0.05, 0) is 12.8 Å². The summed E-state index contributed by atoms with van der Waals surface area (Å²) in [5, 5.41) is 16.0. The first-order valence-corrected chi connectivity index (χ1v) is 9.67. The number of rotatable bonds is 5. The summed E-state index contributed by atoms with van der Waals surface area (Å²) in [7, 11) is -3.15. The van der Waals surface area contributed by atoms with Crippen LogP contribution in [-0.4, -0.2) is 41.7 Å². The normalized spacial score (nSPS) is 18.6. The molecule has 0 spiro atoms. The molecule has 1 aromatic heterocycles. The van der Waals surface area contributed by atoms with Crippen LogP contribution in [0.3, 0.4) is 0 Å². The molecule has 9 heteroatoms. The predicted molar refractivity (Wildman–Crippen MR) is 89.3 cm³/mol. The number of carbonyl (C=O) groups is 1. The topological polar surface area (TPSA) is 122 Å². The predicted octanol–water partition coefficient (Wildman–Crippen LogP) is 0.884. The number of hydrogen-bond acceptors (Lipinski definition) is 7. The summed E-state index contributed by atoms with van der Waals surface area (Å²) in [6.45, 7) is 0.212. The van der Waals surface area contributed by atoms with Crippen molar-refractivity contribution in [1.82, 2.24) is 16.0 Å². The van der Waals surface area contributed by atoms with Gasteiger partial charge in [0.1, 0.15) is 15.4 Å². The van der Waals surface area contributed by atoms with Gasteiger partial charge in [0.2, 0.25) is 0 Å². The second-order valence-electron chi connectivity index (χ2n) is 6.08. The lowest BCUT2D eigenvalue weighted by Gasteiger charge is -2.35. The second-order valence-corrected chi connectivity index (χ2v) is 8.38. The molecule has 3 N–H and O–H groups in total. The monoisotopic (exact) mass is 365 g/mol. The number of hydrogen-bond donors (Lipinski definition) is 3. The van der Waals surface area contributed by atoms with Gasteiger partial charge >= 0.3 is 0 Å². The van der Waals surface area contributed by atoms with E-state index in [1.54, 1.807) is 11.5 Å². The SMILES string of the molecule is O=C(NO)C1(NCc2cc(-c3ccccc3)on2)CCS(=O)(=O)CC1. The Morgan fingerprint density at radius 1 is 1.24 bits per heavy atom. The molecule has 2 aromatic rings. The van der Waals surface area contributed by atoms with E-state index in [2.05, 4.69) is 10.5 Å². The van der Waals surface area contributed by atoms with E-state index in [0.717, 1.165) is 5.56 Å². The van der Waals surface area contributed by atoms with Crippen molar-refractivity contribution in [3.8, 4) is 11.3 Å². The van der Waals surface area contributed by atoms with Gasteiger partial charge in [-0.3, -0.25) is 15.3 Å². The first kappa shape index (κ1) is 17.6. The molecular weight excluding hydrogens is 346 g/mol. The van der Waals surface area contributed by atoms with Crippen LogP contribution in [0, 0.1) is 0 Å².